The molecule has 0 saturated carbocycles. The van der Waals surface area contributed by atoms with Crippen molar-refractivity contribution in [2.75, 3.05) is 18.2 Å². The van der Waals surface area contributed by atoms with Crippen molar-refractivity contribution in [3.63, 3.8) is 0 Å². The summed E-state index contributed by atoms with van der Waals surface area (Å²) in [5.74, 6) is 1.56. The van der Waals surface area contributed by atoms with Gasteiger partial charge in [-0.15, -0.1) is 0 Å². The van der Waals surface area contributed by atoms with Crippen molar-refractivity contribution in [3.8, 4) is 0 Å². The molecule has 0 aliphatic carbocycles. The standard InChI is InChI=1S/C10H13N5O/c1-7-8(2)13-10-11-6-12-15(10)9(7)14-4-3-5-16-14/h6H,3-5H2,1-2H3. The molecule has 6 nitrogen and oxygen atoms in total. The summed E-state index contributed by atoms with van der Waals surface area (Å²) in [7, 11) is 0. The predicted octanol–water partition coefficient (Wildman–Crippen LogP) is 0.883. The number of aryl methyl sites for hydroxylation is 1. The van der Waals surface area contributed by atoms with Crippen LogP contribution in [0.15, 0.2) is 6.33 Å². The second-order valence-corrected chi connectivity index (χ2v) is 3.91. The van der Waals surface area contributed by atoms with E-state index in [1.54, 1.807) is 4.52 Å². The summed E-state index contributed by atoms with van der Waals surface area (Å²) < 4.78 is 1.73. The SMILES string of the molecule is Cc1nc2ncnn2c(N2CCCO2)c1C. The number of hydrogen-bond donors (Lipinski definition) is 0. The van der Waals surface area contributed by atoms with Crippen LogP contribution in [0.4, 0.5) is 5.82 Å². The van der Waals surface area contributed by atoms with Gasteiger partial charge in [0.1, 0.15) is 6.33 Å². The van der Waals surface area contributed by atoms with Crippen LogP contribution in [0.5, 0.6) is 0 Å². The Morgan fingerprint density at radius 3 is 3.00 bits per heavy atom. The first-order chi connectivity index (χ1) is 7.77. The predicted molar refractivity (Wildman–Crippen MR) is 58.2 cm³/mol. The lowest BCUT2D eigenvalue weighted by molar-refractivity contribution is 0.164. The molecule has 3 rings (SSSR count). The Morgan fingerprint density at radius 1 is 1.38 bits per heavy atom. The van der Waals surface area contributed by atoms with Crippen molar-refractivity contribution in [2.24, 2.45) is 0 Å². The molecule has 1 aliphatic heterocycles. The summed E-state index contributed by atoms with van der Waals surface area (Å²) in [4.78, 5) is 14.1. The van der Waals surface area contributed by atoms with Crippen molar-refractivity contribution in [3.05, 3.63) is 17.6 Å². The van der Waals surface area contributed by atoms with Gasteiger partial charge in [0.05, 0.1) is 6.61 Å². The molecule has 3 heterocycles. The second kappa shape index (κ2) is 3.41. The van der Waals surface area contributed by atoms with Gasteiger partial charge in [0.15, 0.2) is 5.82 Å². The van der Waals surface area contributed by atoms with E-state index in [2.05, 4.69) is 15.1 Å². The first-order valence-electron chi connectivity index (χ1n) is 5.35. The van der Waals surface area contributed by atoms with E-state index in [0.717, 1.165) is 36.6 Å². The van der Waals surface area contributed by atoms with Crippen molar-refractivity contribution in [1.29, 1.82) is 0 Å². The summed E-state index contributed by atoms with van der Waals surface area (Å²) in [6.45, 7) is 5.65. The number of hydrogen-bond acceptors (Lipinski definition) is 5. The van der Waals surface area contributed by atoms with Crippen LogP contribution in [-0.2, 0) is 4.84 Å². The van der Waals surface area contributed by atoms with Gasteiger partial charge < -0.3 is 0 Å². The van der Waals surface area contributed by atoms with Crippen molar-refractivity contribution >= 4 is 11.6 Å². The van der Waals surface area contributed by atoms with Gasteiger partial charge >= 0.3 is 0 Å². The summed E-state index contributed by atoms with van der Waals surface area (Å²) in [5, 5.41) is 6.07. The molecule has 2 aromatic heterocycles. The normalized spacial score (nSPS) is 16.2. The smallest absolute Gasteiger partial charge is 0.254 e. The third-order valence-corrected chi connectivity index (χ3v) is 2.87. The Bertz CT molecular complexity index is 529. The van der Waals surface area contributed by atoms with E-state index in [9.17, 15) is 0 Å². The fourth-order valence-corrected chi connectivity index (χ4v) is 1.92. The van der Waals surface area contributed by atoms with Gasteiger partial charge in [-0.25, -0.2) is 10.0 Å². The molecule has 0 bridgehead atoms. The first kappa shape index (κ1) is 9.53. The molecule has 0 unspecified atom stereocenters. The molecule has 1 saturated heterocycles. The zero-order valence-corrected chi connectivity index (χ0v) is 9.34. The molecule has 1 aliphatic rings. The zero-order valence-electron chi connectivity index (χ0n) is 9.34. The summed E-state index contributed by atoms with van der Waals surface area (Å²) in [6, 6.07) is 0. The van der Waals surface area contributed by atoms with Crippen LogP contribution >= 0.6 is 0 Å². The Kier molecular flexibility index (Phi) is 2.03. The minimum atomic E-state index is 0.619. The van der Waals surface area contributed by atoms with Crippen LogP contribution in [0, 0.1) is 13.8 Å². The molecule has 6 heteroatoms. The Morgan fingerprint density at radius 2 is 2.25 bits per heavy atom. The monoisotopic (exact) mass is 219 g/mol. The van der Waals surface area contributed by atoms with E-state index >= 15 is 0 Å². The summed E-state index contributed by atoms with van der Waals surface area (Å²) in [5.41, 5.74) is 2.05. The molecule has 0 atom stereocenters. The average molecular weight is 219 g/mol. The van der Waals surface area contributed by atoms with Crippen LogP contribution in [0.2, 0.25) is 0 Å². The number of anilines is 1. The molecule has 2 aromatic rings. The van der Waals surface area contributed by atoms with Gasteiger partial charge in [0.2, 0.25) is 0 Å². The second-order valence-electron chi connectivity index (χ2n) is 3.91. The van der Waals surface area contributed by atoms with E-state index in [-0.39, 0.29) is 0 Å². The van der Waals surface area contributed by atoms with Gasteiger partial charge in [-0.1, -0.05) is 0 Å². The Hall–Kier alpha value is -1.69. The van der Waals surface area contributed by atoms with Crippen LogP contribution in [0.25, 0.3) is 5.78 Å². The van der Waals surface area contributed by atoms with Crippen molar-refractivity contribution < 1.29 is 4.84 Å². The summed E-state index contributed by atoms with van der Waals surface area (Å²) >= 11 is 0. The maximum absolute atomic E-state index is 5.57. The van der Waals surface area contributed by atoms with Crippen molar-refractivity contribution in [2.45, 2.75) is 20.3 Å². The Balaban J connectivity index is 2.26. The molecular formula is C10H13N5O. The zero-order chi connectivity index (χ0) is 11.1. The molecular weight excluding hydrogens is 206 g/mol. The van der Waals surface area contributed by atoms with Crippen LogP contribution < -0.4 is 5.06 Å². The van der Waals surface area contributed by atoms with Crippen molar-refractivity contribution in [1.82, 2.24) is 19.6 Å². The minimum absolute atomic E-state index is 0.619. The highest BCUT2D eigenvalue weighted by atomic mass is 16.7. The lowest BCUT2D eigenvalue weighted by Gasteiger charge is -2.19. The maximum atomic E-state index is 5.57. The van der Waals surface area contributed by atoms with E-state index in [4.69, 9.17) is 4.84 Å². The lowest BCUT2D eigenvalue weighted by Crippen LogP contribution is -2.22. The molecule has 0 N–H and O–H groups in total. The topological polar surface area (TPSA) is 55.5 Å². The molecule has 16 heavy (non-hydrogen) atoms. The molecule has 0 amide bonds. The summed E-state index contributed by atoms with van der Waals surface area (Å²) in [6.07, 6.45) is 2.55. The molecule has 0 aromatic carbocycles. The number of fused-ring (bicyclic) bond motifs is 1. The number of hydroxylamine groups is 1. The number of rotatable bonds is 1. The third kappa shape index (κ3) is 1.26. The van der Waals surface area contributed by atoms with E-state index in [1.165, 1.54) is 6.33 Å². The largest absolute Gasteiger partial charge is 0.272 e. The van der Waals surface area contributed by atoms with Gasteiger partial charge in [-0.2, -0.15) is 14.6 Å². The quantitative estimate of drug-likeness (QED) is 0.712. The molecule has 0 radical (unpaired) electrons. The highest BCUT2D eigenvalue weighted by molar-refractivity contribution is 5.52. The van der Waals surface area contributed by atoms with Gasteiger partial charge in [0, 0.05) is 17.8 Å². The highest BCUT2D eigenvalue weighted by Crippen LogP contribution is 2.24. The Labute approximate surface area is 92.8 Å². The first-order valence-corrected chi connectivity index (χ1v) is 5.35. The average Bonchev–Trinajstić information content (AvgIpc) is 2.89. The van der Waals surface area contributed by atoms with Gasteiger partial charge in [-0.05, 0) is 20.3 Å². The number of nitrogens with zero attached hydrogens (tertiary/aromatic N) is 5. The van der Waals surface area contributed by atoms with E-state index in [1.807, 2.05) is 18.9 Å². The lowest BCUT2D eigenvalue weighted by atomic mass is 10.2. The van der Waals surface area contributed by atoms with Crippen LogP contribution in [0.3, 0.4) is 0 Å². The molecule has 0 spiro atoms. The van der Waals surface area contributed by atoms with E-state index < -0.39 is 0 Å². The van der Waals surface area contributed by atoms with Crippen LogP contribution in [0.1, 0.15) is 17.7 Å². The number of aromatic nitrogens is 4. The maximum Gasteiger partial charge on any atom is 0.254 e. The van der Waals surface area contributed by atoms with Gasteiger partial charge in [0.25, 0.3) is 5.78 Å². The van der Waals surface area contributed by atoms with Crippen LogP contribution in [-0.4, -0.2) is 32.7 Å². The van der Waals surface area contributed by atoms with E-state index in [0.29, 0.717) is 5.78 Å². The molecule has 84 valence electrons. The fraction of sp³-hybridized carbons (Fsp3) is 0.500. The minimum Gasteiger partial charge on any atom is -0.272 e. The third-order valence-electron chi connectivity index (χ3n) is 2.87. The fourth-order valence-electron chi connectivity index (χ4n) is 1.92. The highest BCUT2D eigenvalue weighted by Gasteiger charge is 2.21. The molecule has 1 fully saturated rings. The van der Waals surface area contributed by atoms with Gasteiger partial charge in [-0.3, -0.25) is 4.84 Å².